The highest BCUT2D eigenvalue weighted by molar-refractivity contribution is 7.46. The Kier molecular flexibility index (Phi) is 4.08. The topological polar surface area (TPSA) is 35.5 Å². The van der Waals surface area contributed by atoms with Crippen molar-refractivity contribution in [2.24, 2.45) is 0 Å². The molecule has 0 amide bonds. The van der Waals surface area contributed by atoms with Gasteiger partial charge < -0.3 is 4.74 Å². The summed E-state index contributed by atoms with van der Waals surface area (Å²) in [4.78, 5) is 12.2. The standard InChI is InChI=1S/C14H14O3P/c1-16-13-9-8-12(10-18(13)17-2)14(15)11-6-4-3-5-7-11/h3-10H,1-2H3/q+1. The van der Waals surface area contributed by atoms with Gasteiger partial charge in [-0.15, -0.1) is 0 Å². The molecule has 0 aliphatic carbocycles. The van der Waals surface area contributed by atoms with E-state index in [0.29, 0.717) is 11.1 Å². The first-order valence-electron chi connectivity index (χ1n) is 5.50. The minimum atomic E-state index is -0.970. The van der Waals surface area contributed by atoms with Crippen LogP contribution in [0.5, 0.6) is 5.48 Å². The molecule has 1 heterocycles. The molecular formula is C14H14O3P+. The molecule has 0 aliphatic rings. The van der Waals surface area contributed by atoms with Crippen molar-refractivity contribution in [3.8, 4) is 5.48 Å². The summed E-state index contributed by atoms with van der Waals surface area (Å²) in [5.41, 5.74) is 2.09. The second-order valence-electron chi connectivity index (χ2n) is 3.66. The lowest BCUT2D eigenvalue weighted by Crippen LogP contribution is -2.01. The first-order chi connectivity index (χ1) is 8.76. The van der Waals surface area contributed by atoms with Crippen LogP contribution >= 0.6 is 7.76 Å². The highest BCUT2D eigenvalue weighted by Gasteiger charge is 2.20. The Labute approximate surface area is 107 Å². The third kappa shape index (κ3) is 2.58. The van der Waals surface area contributed by atoms with Gasteiger partial charge in [-0.1, -0.05) is 30.3 Å². The van der Waals surface area contributed by atoms with Crippen LogP contribution < -0.4 is 9.26 Å². The van der Waals surface area contributed by atoms with Crippen LogP contribution in [0.25, 0.3) is 0 Å². The molecule has 1 atom stereocenters. The molecule has 0 saturated carbocycles. The lowest BCUT2D eigenvalue weighted by atomic mass is 10.1. The van der Waals surface area contributed by atoms with Crippen molar-refractivity contribution in [3.63, 3.8) is 0 Å². The molecule has 0 N–H and O–H groups in total. The molecular weight excluding hydrogens is 247 g/mol. The second kappa shape index (κ2) is 5.76. The number of carbonyl (C=O) groups is 1. The van der Waals surface area contributed by atoms with Crippen molar-refractivity contribution in [2.45, 2.75) is 0 Å². The number of methoxy groups -OCH3 is 1. The number of ketones is 1. The molecule has 3 nitrogen and oxygen atoms in total. The molecule has 92 valence electrons. The zero-order valence-electron chi connectivity index (χ0n) is 10.3. The Balaban J connectivity index is 2.37. The third-order valence-corrected chi connectivity index (χ3v) is 4.26. The molecule has 2 rings (SSSR count). The van der Waals surface area contributed by atoms with E-state index in [4.69, 9.17) is 9.26 Å². The molecule has 0 fully saturated rings. The van der Waals surface area contributed by atoms with Crippen LogP contribution in [0.2, 0.25) is 0 Å². The minimum Gasteiger partial charge on any atom is -0.462 e. The van der Waals surface area contributed by atoms with Crippen LogP contribution in [0.4, 0.5) is 0 Å². The van der Waals surface area contributed by atoms with Gasteiger partial charge in [0.2, 0.25) is 0 Å². The highest BCUT2D eigenvalue weighted by atomic mass is 31.1. The van der Waals surface area contributed by atoms with Gasteiger partial charge in [-0.05, 0) is 6.07 Å². The maximum Gasteiger partial charge on any atom is 0.333 e. The molecule has 0 bridgehead atoms. The summed E-state index contributed by atoms with van der Waals surface area (Å²) in [5, 5.41) is 0. The van der Waals surface area contributed by atoms with E-state index in [0.717, 1.165) is 5.48 Å². The molecule has 4 heteroatoms. The monoisotopic (exact) mass is 261 g/mol. The van der Waals surface area contributed by atoms with Crippen molar-refractivity contribution in [2.75, 3.05) is 14.2 Å². The van der Waals surface area contributed by atoms with E-state index in [-0.39, 0.29) is 5.78 Å². The predicted molar refractivity (Wildman–Crippen MR) is 72.5 cm³/mol. The zero-order chi connectivity index (χ0) is 13.0. The summed E-state index contributed by atoms with van der Waals surface area (Å²) < 4.78 is 10.5. The molecule has 0 saturated heterocycles. The fourth-order valence-electron chi connectivity index (χ4n) is 1.66. The summed E-state index contributed by atoms with van der Waals surface area (Å²) in [6, 6.07) is 12.8. The molecule has 1 unspecified atom stereocenters. The van der Waals surface area contributed by atoms with Gasteiger partial charge in [-0.2, -0.15) is 4.52 Å². The summed E-state index contributed by atoms with van der Waals surface area (Å²) >= 11 is 0. The summed E-state index contributed by atoms with van der Waals surface area (Å²) in [7, 11) is 2.25. The predicted octanol–water partition coefficient (Wildman–Crippen LogP) is 3.25. The average Bonchev–Trinajstić information content (AvgIpc) is 2.46. The normalized spacial score (nSPS) is 11.1. The third-order valence-electron chi connectivity index (χ3n) is 2.58. The minimum absolute atomic E-state index is 0.00607. The largest absolute Gasteiger partial charge is 0.462 e. The molecule has 0 spiro atoms. The van der Waals surface area contributed by atoms with E-state index < -0.39 is 7.76 Å². The van der Waals surface area contributed by atoms with Crippen LogP contribution in [-0.4, -0.2) is 20.0 Å². The number of hydrogen-bond donors (Lipinski definition) is 0. The molecule has 2 aromatic rings. The summed E-state index contributed by atoms with van der Waals surface area (Å²) in [6.45, 7) is 0. The van der Waals surface area contributed by atoms with Crippen LogP contribution in [0.3, 0.4) is 0 Å². The Hall–Kier alpha value is -1.70. The van der Waals surface area contributed by atoms with Crippen molar-refractivity contribution in [1.29, 1.82) is 0 Å². The number of benzene rings is 1. The molecule has 1 aromatic heterocycles. The number of carbonyl (C=O) groups excluding carboxylic acids is 1. The first kappa shape index (κ1) is 12.7. The Morgan fingerprint density at radius 2 is 1.72 bits per heavy atom. The van der Waals surface area contributed by atoms with E-state index >= 15 is 0 Å². The van der Waals surface area contributed by atoms with E-state index in [1.165, 1.54) is 0 Å². The average molecular weight is 261 g/mol. The van der Waals surface area contributed by atoms with Gasteiger partial charge in [0.1, 0.15) is 0 Å². The highest BCUT2D eigenvalue weighted by Crippen LogP contribution is 2.38. The molecule has 18 heavy (non-hydrogen) atoms. The fourth-order valence-corrected chi connectivity index (χ4v) is 2.93. The van der Waals surface area contributed by atoms with Gasteiger partial charge >= 0.3 is 13.2 Å². The van der Waals surface area contributed by atoms with Gasteiger partial charge in [-0.3, -0.25) is 4.79 Å². The smallest absolute Gasteiger partial charge is 0.333 e. The lowest BCUT2D eigenvalue weighted by molar-refractivity contribution is 0.103. The van der Waals surface area contributed by atoms with Gasteiger partial charge in [0.15, 0.2) is 11.6 Å². The van der Waals surface area contributed by atoms with Crippen molar-refractivity contribution < 1.29 is 14.1 Å². The summed E-state index contributed by atoms with van der Waals surface area (Å²) in [5.74, 6) is 1.84. The van der Waals surface area contributed by atoms with Crippen molar-refractivity contribution in [1.82, 2.24) is 0 Å². The summed E-state index contributed by atoms with van der Waals surface area (Å²) in [6.07, 6.45) is 0. The van der Waals surface area contributed by atoms with E-state index in [1.807, 2.05) is 36.1 Å². The van der Waals surface area contributed by atoms with Crippen LogP contribution in [0.1, 0.15) is 15.9 Å². The van der Waals surface area contributed by atoms with Gasteiger partial charge in [0.25, 0.3) is 0 Å². The van der Waals surface area contributed by atoms with E-state index in [9.17, 15) is 4.79 Å². The van der Waals surface area contributed by atoms with E-state index in [1.54, 1.807) is 26.4 Å². The first-order valence-corrected chi connectivity index (χ1v) is 6.83. The maximum absolute atomic E-state index is 12.2. The Morgan fingerprint density at radius 3 is 2.33 bits per heavy atom. The number of rotatable bonds is 4. The number of hydrogen-bond acceptors (Lipinski definition) is 3. The van der Waals surface area contributed by atoms with Crippen molar-refractivity contribution >= 4 is 13.5 Å². The van der Waals surface area contributed by atoms with Gasteiger partial charge in [0, 0.05) is 11.6 Å². The molecule has 1 aromatic carbocycles. The van der Waals surface area contributed by atoms with Crippen LogP contribution in [-0.2, 0) is 0 Å². The van der Waals surface area contributed by atoms with Crippen molar-refractivity contribution in [3.05, 3.63) is 59.4 Å². The van der Waals surface area contributed by atoms with E-state index in [2.05, 4.69) is 0 Å². The Bertz CT molecular complexity index is 552. The quantitative estimate of drug-likeness (QED) is 0.792. The molecule has 0 aliphatic heterocycles. The fraction of sp³-hybridized carbons (Fsp3) is 0.143. The molecule has 0 radical (unpaired) electrons. The zero-order valence-corrected chi connectivity index (χ0v) is 11.2. The second-order valence-corrected chi connectivity index (χ2v) is 5.38. The Morgan fingerprint density at radius 1 is 1.00 bits per heavy atom. The van der Waals surface area contributed by atoms with Crippen LogP contribution in [0, 0.1) is 0 Å². The maximum atomic E-state index is 12.2. The number of ether oxygens (including phenoxy) is 1. The van der Waals surface area contributed by atoms with Crippen LogP contribution in [0.15, 0.2) is 48.3 Å². The van der Waals surface area contributed by atoms with Gasteiger partial charge in [-0.25, -0.2) is 0 Å². The van der Waals surface area contributed by atoms with Gasteiger partial charge in [0.05, 0.1) is 19.8 Å². The lowest BCUT2D eigenvalue weighted by Gasteiger charge is -2.00. The SMILES string of the molecule is COc1ccc(C(=O)c2ccccc2)c[p+]1OC.